The Bertz CT molecular complexity index is 1150. The van der Waals surface area contributed by atoms with E-state index in [1.54, 1.807) is 25.1 Å². The number of benzene rings is 1. The van der Waals surface area contributed by atoms with Crippen molar-refractivity contribution in [1.82, 2.24) is 20.1 Å². The fourth-order valence-electron chi connectivity index (χ4n) is 5.24. The number of methoxy groups -OCH3 is 1. The molecule has 0 spiro atoms. The summed E-state index contributed by atoms with van der Waals surface area (Å²) in [6, 6.07) is 7.60. The number of aliphatic carboxylic acids is 1. The average molecular weight is 513 g/mol. The Balaban J connectivity index is 1.36. The van der Waals surface area contributed by atoms with Gasteiger partial charge in [-0.3, -0.25) is 14.9 Å². The summed E-state index contributed by atoms with van der Waals surface area (Å²) in [6.07, 6.45) is 6.48. The number of aromatic nitrogens is 3. The molecule has 1 aromatic carbocycles. The predicted molar refractivity (Wildman–Crippen MR) is 141 cm³/mol. The molecular formula is C27H36N4O4S. The van der Waals surface area contributed by atoms with Crippen LogP contribution in [0, 0.1) is 18.8 Å². The average Bonchev–Trinajstić information content (AvgIpc) is 3.30. The predicted octanol–water partition coefficient (Wildman–Crippen LogP) is 4.68. The maximum atomic E-state index is 11.3. The fourth-order valence-corrected chi connectivity index (χ4v) is 6.20. The van der Waals surface area contributed by atoms with E-state index in [1.165, 1.54) is 4.90 Å². The Morgan fingerprint density at radius 1 is 1.31 bits per heavy atom. The number of aliphatic hydroxyl groups excluding tert-OH is 1. The number of carboxylic acids is 1. The van der Waals surface area contributed by atoms with E-state index in [1.807, 2.05) is 37.4 Å². The number of thioether (sulfide) groups is 1. The van der Waals surface area contributed by atoms with Crippen LogP contribution in [0.4, 0.5) is 0 Å². The Morgan fingerprint density at radius 2 is 2.17 bits per heavy atom. The smallest absolute Gasteiger partial charge is 0.303 e. The number of aromatic amines is 1. The molecule has 3 atom stereocenters. The van der Waals surface area contributed by atoms with Gasteiger partial charge in [0.2, 0.25) is 0 Å². The third kappa shape index (κ3) is 6.78. The second kappa shape index (κ2) is 12.6. The number of hydrogen-bond donors (Lipinski definition) is 3. The quantitative estimate of drug-likeness (QED) is 0.300. The number of H-pyrrole nitrogens is 1. The lowest BCUT2D eigenvalue weighted by Gasteiger charge is -2.39. The first-order valence-corrected chi connectivity index (χ1v) is 13.6. The van der Waals surface area contributed by atoms with Crippen LogP contribution in [-0.4, -0.2) is 68.8 Å². The lowest BCUT2D eigenvalue weighted by molar-refractivity contribution is -0.137. The number of ether oxygens (including phenoxy) is 1. The summed E-state index contributed by atoms with van der Waals surface area (Å²) in [5.74, 6) is 1.70. The van der Waals surface area contributed by atoms with E-state index in [-0.39, 0.29) is 6.42 Å². The number of pyridine rings is 1. The summed E-state index contributed by atoms with van der Waals surface area (Å²) in [4.78, 5) is 19.4. The molecule has 1 aliphatic heterocycles. The zero-order valence-electron chi connectivity index (χ0n) is 21.0. The van der Waals surface area contributed by atoms with Crippen molar-refractivity contribution in [2.24, 2.45) is 11.8 Å². The normalized spacial score (nSPS) is 19.4. The maximum absolute atomic E-state index is 11.3. The van der Waals surface area contributed by atoms with E-state index < -0.39 is 12.1 Å². The van der Waals surface area contributed by atoms with Crippen molar-refractivity contribution in [3.05, 3.63) is 47.9 Å². The number of hydrogen-bond acceptors (Lipinski definition) is 7. The van der Waals surface area contributed by atoms with Crippen LogP contribution in [0.15, 0.2) is 41.6 Å². The van der Waals surface area contributed by atoms with Gasteiger partial charge in [0.1, 0.15) is 5.75 Å². The van der Waals surface area contributed by atoms with Crippen molar-refractivity contribution in [3.8, 4) is 5.75 Å². The van der Waals surface area contributed by atoms with Gasteiger partial charge in [-0.2, -0.15) is 5.10 Å². The van der Waals surface area contributed by atoms with Gasteiger partial charge in [0.15, 0.2) is 0 Å². The minimum Gasteiger partial charge on any atom is -0.497 e. The molecule has 4 rings (SSSR count). The first-order chi connectivity index (χ1) is 17.4. The van der Waals surface area contributed by atoms with Gasteiger partial charge >= 0.3 is 5.97 Å². The van der Waals surface area contributed by atoms with E-state index in [9.17, 15) is 15.0 Å². The molecule has 2 aromatic heterocycles. The van der Waals surface area contributed by atoms with Crippen LogP contribution >= 0.6 is 11.8 Å². The van der Waals surface area contributed by atoms with Crippen molar-refractivity contribution in [2.75, 3.05) is 32.5 Å². The standard InChI is InChI=1S/C27H36N4O4S/c1-18-26(16-29-30-18)36-14-13-31-12-10-19(20(17-31)4-8-27(33)34)3-7-25(32)22-9-11-28-24-6-5-21(35-2)15-23(22)24/h5-6,9,11,15-16,19-20,25,32H,3-4,7-8,10,12-14,17H2,1-2H3,(H,29,30)(H,33,34)/t19?,20?,25-/m0/s1. The molecule has 0 radical (unpaired) electrons. The Hall–Kier alpha value is -2.62. The SMILES string of the molecule is COc1ccc2nccc([C@@H](O)CCC3CCN(CCSc4c[nH]nc4C)CC3CCC(=O)O)c2c1. The monoisotopic (exact) mass is 512 g/mol. The van der Waals surface area contributed by atoms with Gasteiger partial charge in [-0.15, -0.1) is 11.8 Å². The van der Waals surface area contributed by atoms with Crippen LogP contribution in [-0.2, 0) is 4.79 Å². The van der Waals surface area contributed by atoms with Crippen molar-refractivity contribution >= 4 is 28.6 Å². The highest BCUT2D eigenvalue weighted by atomic mass is 32.2. The third-order valence-corrected chi connectivity index (χ3v) is 8.42. The fraction of sp³-hybridized carbons (Fsp3) is 0.519. The summed E-state index contributed by atoms with van der Waals surface area (Å²) >= 11 is 1.81. The van der Waals surface area contributed by atoms with Crippen LogP contribution in [0.1, 0.15) is 49.5 Å². The molecule has 0 amide bonds. The van der Waals surface area contributed by atoms with Crippen LogP contribution in [0.2, 0.25) is 0 Å². The molecule has 0 aliphatic carbocycles. The molecule has 1 aliphatic rings. The molecule has 8 nitrogen and oxygen atoms in total. The number of rotatable bonds is 12. The zero-order valence-corrected chi connectivity index (χ0v) is 21.8. The highest BCUT2D eigenvalue weighted by Gasteiger charge is 2.30. The molecular weight excluding hydrogens is 476 g/mol. The number of aryl methyl sites for hydroxylation is 1. The Morgan fingerprint density at radius 3 is 2.92 bits per heavy atom. The number of piperidine rings is 1. The number of likely N-dealkylation sites (tertiary alicyclic amines) is 1. The van der Waals surface area contributed by atoms with Crippen molar-refractivity contribution in [3.63, 3.8) is 0 Å². The zero-order chi connectivity index (χ0) is 25.5. The van der Waals surface area contributed by atoms with Crippen LogP contribution in [0.5, 0.6) is 5.75 Å². The van der Waals surface area contributed by atoms with E-state index >= 15 is 0 Å². The molecule has 0 saturated carbocycles. The van der Waals surface area contributed by atoms with Gasteiger partial charge in [0.25, 0.3) is 0 Å². The second-order valence-electron chi connectivity index (χ2n) is 9.60. The second-order valence-corrected chi connectivity index (χ2v) is 10.7. The van der Waals surface area contributed by atoms with Gasteiger partial charge in [-0.05, 0) is 80.8 Å². The number of aliphatic hydroxyl groups is 1. The summed E-state index contributed by atoms with van der Waals surface area (Å²) in [5.41, 5.74) is 2.73. The molecule has 36 heavy (non-hydrogen) atoms. The topological polar surface area (TPSA) is 112 Å². The molecule has 2 unspecified atom stereocenters. The Kier molecular flexibility index (Phi) is 9.23. The first kappa shape index (κ1) is 26.4. The lowest BCUT2D eigenvalue weighted by Crippen LogP contribution is -2.41. The number of nitrogens with one attached hydrogen (secondary N) is 1. The molecule has 9 heteroatoms. The van der Waals surface area contributed by atoms with Gasteiger partial charge in [-0.1, -0.05) is 0 Å². The summed E-state index contributed by atoms with van der Waals surface area (Å²) in [6.45, 7) is 4.89. The molecule has 3 aromatic rings. The molecule has 1 fully saturated rings. The Labute approximate surface area is 216 Å². The summed E-state index contributed by atoms with van der Waals surface area (Å²) < 4.78 is 5.37. The van der Waals surface area contributed by atoms with E-state index in [4.69, 9.17) is 4.74 Å². The van der Waals surface area contributed by atoms with Gasteiger partial charge < -0.3 is 19.8 Å². The van der Waals surface area contributed by atoms with Crippen molar-refractivity contribution in [2.45, 2.75) is 50.0 Å². The van der Waals surface area contributed by atoms with Crippen LogP contribution in [0.25, 0.3) is 10.9 Å². The highest BCUT2D eigenvalue weighted by Crippen LogP contribution is 2.35. The van der Waals surface area contributed by atoms with E-state index in [0.717, 1.165) is 66.1 Å². The number of carboxylic acid groups (broad SMARTS) is 1. The van der Waals surface area contributed by atoms with Crippen molar-refractivity contribution in [1.29, 1.82) is 0 Å². The van der Waals surface area contributed by atoms with Gasteiger partial charge in [-0.25, -0.2) is 0 Å². The van der Waals surface area contributed by atoms with Gasteiger partial charge in [0, 0.05) is 47.9 Å². The van der Waals surface area contributed by atoms with Gasteiger partial charge in [0.05, 0.1) is 24.4 Å². The number of carbonyl (C=O) groups is 1. The largest absolute Gasteiger partial charge is 0.497 e. The third-order valence-electron chi connectivity index (χ3n) is 7.31. The van der Waals surface area contributed by atoms with E-state index in [2.05, 4.69) is 20.1 Å². The molecule has 1 saturated heterocycles. The summed E-state index contributed by atoms with van der Waals surface area (Å²) in [7, 11) is 1.63. The molecule has 194 valence electrons. The molecule has 3 heterocycles. The highest BCUT2D eigenvalue weighted by molar-refractivity contribution is 7.99. The minimum atomic E-state index is -0.742. The number of nitrogens with zero attached hydrogens (tertiary/aromatic N) is 3. The number of fused-ring (bicyclic) bond motifs is 1. The van der Waals surface area contributed by atoms with Crippen molar-refractivity contribution < 1.29 is 19.7 Å². The summed E-state index contributed by atoms with van der Waals surface area (Å²) in [5, 5.41) is 28.4. The minimum absolute atomic E-state index is 0.190. The lowest BCUT2D eigenvalue weighted by atomic mass is 9.79. The van der Waals surface area contributed by atoms with E-state index in [0.29, 0.717) is 24.7 Å². The first-order valence-electron chi connectivity index (χ1n) is 12.6. The van der Waals surface area contributed by atoms with Crippen LogP contribution < -0.4 is 4.74 Å². The maximum Gasteiger partial charge on any atom is 0.303 e. The molecule has 3 N–H and O–H groups in total. The molecule has 0 bridgehead atoms. The van der Waals surface area contributed by atoms with Crippen LogP contribution in [0.3, 0.4) is 0 Å².